The predicted octanol–water partition coefficient (Wildman–Crippen LogP) is 0.960. The van der Waals surface area contributed by atoms with Crippen LogP contribution in [0.1, 0.15) is 37.4 Å². The normalized spacial score (nSPS) is 11.9. The zero-order valence-corrected chi connectivity index (χ0v) is 13.2. The van der Waals surface area contributed by atoms with E-state index >= 15 is 0 Å². The number of unbranched alkanes of at least 4 members (excludes halogenated alkanes) is 1. The number of hydrogen-bond acceptors (Lipinski definition) is 4. The van der Waals surface area contributed by atoms with Gasteiger partial charge in [0.15, 0.2) is 0 Å². The number of aryl methyl sites for hydroxylation is 2. The highest BCUT2D eigenvalue weighted by Crippen LogP contribution is 2.05. The van der Waals surface area contributed by atoms with Gasteiger partial charge in [0.1, 0.15) is 0 Å². The molecule has 0 amide bonds. The lowest BCUT2D eigenvalue weighted by molar-refractivity contribution is 0.572. The largest absolute Gasteiger partial charge is 0.317 e. The van der Waals surface area contributed by atoms with Crippen molar-refractivity contribution in [1.82, 2.24) is 20.2 Å². The third-order valence-electron chi connectivity index (χ3n) is 3.15. The van der Waals surface area contributed by atoms with Crippen LogP contribution >= 0.6 is 0 Å². The standard InChI is InChI=1S/C13H26N4O2S/c1-3-14-8-4-5-10-20(18,19)16-9-6-7-13-11-15-17-12(13)2/h11,14,16H,3-10H2,1-2H3,(H,15,17). The molecule has 0 bridgehead atoms. The van der Waals surface area contributed by atoms with Crippen molar-refractivity contribution in [2.45, 2.75) is 39.5 Å². The van der Waals surface area contributed by atoms with Gasteiger partial charge < -0.3 is 5.32 Å². The first-order valence-electron chi connectivity index (χ1n) is 7.22. The molecule has 1 rings (SSSR count). The minimum atomic E-state index is -3.12. The molecule has 1 heterocycles. The monoisotopic (exact) mass is 302 g/mol. The SMILES string of the molecule is CCNCCCCS(=O)(=O)NCCCc1cn[nH]c1C. The molecule has 6 nitrogen and oxygen atoms in total. The van der Waals surface area contributed by atoms with Gasteiger partial charge in [-0.05, 0) is 51.3 Å². The first-order chi connectivity index (χ1) is 9.55. The molecule has 116 valence electrons. The van der Waals surface area contributed by atoms with Gasteiger partial charge in [-0.3, -0.25) is 5.10 Å². The Balaban J connectivity index is 2.12. The molecule has 0 saturated heterocycles. The van der Waals surface area contributed by atoms with Crippen LogP contribution in [0, 0.1) is 6.92 Å². The van der Waals surface area contributed by atoms with Crippen molar-refractivity contribution in [3.63, 3.8) is 0 Å². The van der Waals surface area contributed by atoms with Gasteiger partial charge in [-0.2, -0.15) is 5.10 Å². The van der Waals surface area contributed by atoms with E-state index in [1.807, 2.05) is 13.8 Å². The van der Waals surface area contributed by atoms with Crippen molar-refractivity contribution >= 4 is 10.0 Å². The lowest BCUT2D eigenvalue weighted by Gasteiger charge is -2.06. The molecule has 0 aromatic carbocycles. The minimum absolute atomic E-state index is 0.211. The maximum atomic E-state index is 11.7. The Labute approximate surface area is 121 Å². The zero-order valence-electron chi connectivity index (χ0n) is 12.4. The van der Waals surface area contributed by atoms with Crippen molar-refractivity contribution in [3.8, 4) is 0 Å². The molecule has 7 heteroatoms. The summed E-state index contributed by atoms with van der Waals surface area (Å²) in [5, 5.41) is 10.0. The van der Waals surface area contributed by atoms with Gasteiger partial charge in [0.25, 0.3) is 0 Å². The van der Waals surface area contributed by atoms with Crippen LogP contribution in [0.25, 0.3) is 0 Å². The molecule has 0 spiro atoms. The fraction of sp³-hybridized carbons (Fsp3) is 0.769. The second-order valence-electron chi connectivity index (χ2n) is 4.90. The lowest BCUT2D eigenvalue weighted by Crippen LogP contribution is -2.28. The smallest absolute Gasteiger partial charge is 0.211 e. The van der Waals surface area contributed by atoms with E-state index in [2.05, 4.69) is 20.2 Å². The number of hydrogen-bond donors (Lipinski definition) is 3. The van der Waals surface area contributed by atoms with Crippen LogP contribution in [-0.2, 0) is 16.4 Å². The van der Waals surface area contributed by atoms with Gasteiger partial charge in [0.2, 0.25) is 10.0 Å². The fourth-order valence-corrected chi connectivity index (χ4v) is 3.11. The van der Waals surface area contributed by atoms with Crippen LogP contribution in [-0.4, -0.2) is 44.0 Å². The zero-order chi connectivity index (χ0) is 14.8. The molecule has 0 fully saturated rings. The summed E-state index contributed by atoms with van der Waals surface area (Å²) >= 11 is 0. The average Bonchev–Trinajstić information content (AvgIpc) is 2.80. The fourth-order valence-electron chi connectivity index (χ4n) is 1.93. The second kappa shape index (κ2) is 9.10. The number of rotatable bonds is 11. The molecular weight excluding hydrogens is 276 g/mol. The molecule has 20 heavy (non-hydrogen) atoms. The number of sulfonamides is 1. The van der Waals surface area contributed by atoms with Gasteiger partial charge in [0.05, 0.1) is 11.9 Å². The van der Waals surface area contributed by atoms with E-state index in [4.69, 9.17) is 0 Å². The van der Waals surface area contributed by atoms with Crippen LogP contribution in [0.2, 0.25) is 0 Å². The highest BCUT2D eigenvalue weighted by atomic mass is 32.2. The molecule has 0 atom stereocenters. The molecular formula is C13H26N4O2S. The summed E-state index contributed by atoms with van der Waals surface area (Å²) in [6.45, 7) is 6.31. The van der Waals surface area contributed by atoms with E-state index < -0.39 is 10.0 Å². The van der Waals surface area contributed by atoms with Gasteiger partial charge in [-0.25, -0.2) is 13.1 Å². The predicted molar refractivity (Wildman–Crippen MR) is 81.2 cm³/mol. The van der Waals surface area contributed by atoms with E-state index in [0.29, 0.717) is 13.0 Å². The Bertz CT molecular complexity index is 470. The van der Waals surface area contributed by atoms with E-state index in [-0.39, 0.29) is 5.75 Å². The number of aromatic amines is 1. The molecule has 1 aromatic heterocycles. The summed E-state index contributed by atoms with van der Waals surface area (Å²) in [5.41, 5.74) is 2.20. The van der Waals surface area contributed by atoms with Gasteiger partial charge in [-0.15, -0.1) is 0 Å². The van der Waals surface area contributed by atoms with Crippen molar-refractivity contribution < 1.29 is 8.42 Å². The van der Waals surface area contributed by atoms with Gasteiger partial charge in [-0.1, -0.05) is 6.92 Å². The highest BCUT2D eigenvalue weighted by molar-refractivity contribution is 7.89. The molecule has 0 radical (unpaired) electrons. The molecule has 0 aliphatic rings. The Morgan fingerprint density at radius 1 is 1.25 bits per heavy atom. The van der Waals surface area contributed by atoms with E-state index in [1.54, 1.807) is 6.20 Å². The van der Waals surface area contributed by atoms with Crippen molar-refractivity contribution in [3.05, 3.63) is 17.5 Å². The summed E-state index contributed by atoms with van der Waals surface area (Å²) in [5.74, 6) is 0.211. The molecule has 0 unspecified atom stereocenters. The number of H-pyrrole nitrogens is 1. The molecule has 0 saturated carbocycles. The summed E-state index contributed by atoms with van der Waals surface area (Å²) in [6.07, 6.45) is 5.01. The van der Waals surface area contributed by atoms with Crippen LogP contribution in [0.4, 0.5) is 0 Å². The summed E-state index contributed by atoms with van der Waals surface area (Å²) in [7, 11) is -3.12. The van der Waals surface area contributed by atoms with E-state index in [0.717, 1.165) is 43.6 Å². The molecule has 0 aliphatic carbocycles. The third kappa shape index (κ3) is 7.02. The van der Waals surface area contributed by atoms with Crippen molar-refractivity contribution in [2.24, 2.45) is 0 Å². The Morgan fingerprint density at radius 2 is 2.05 bits per heavy atom. The van der Waals surface area contributed by atoms with Crippen LogP contribution in [0.3, 0.4) is 0 Å². The lowest BCUT2D eigenvalue weighted by atomic mass is 10.1. The number of aromatic nitrogens is 2. The van der Waals surface area contributed by atoms with Crippen molar-refractivity contribution in [1.29, 1.82) is 0 Å². The van der Waals surface area contributed by atoms with E-state index in [9.17, 15) is 8.42 Å². The van der Waals surface area contributed by atoms with Gasteiger partial charge in [0, 0.05) is 12.2 Å². The molecule has 1 aromatic rings. The first kappa shape index (κ1) is 17.1. The van der Waals surface area contributed by atoms with Crippen LogP contribution in [0.5, 0.6) is 0 Å². The number of nitrogens with zero attached hydrogens (tertiary/aromatic N) is 1. The Hall–Kier alpha value is -0.920. The minimum Gasteiger partial charge on any atom is -0.317 e. The summed E-state index contributed by atoms with van der Waals surface area (Å²) in [4.78, 5) is 0. The third-order valence-corrected chi connectivity index (χ3v) is 4.62. The van der Waals surface area contributed by atoms with Crippen LogP contribution in [0.15, 0.2) is 6.20 Å². The van der Waals surface area contributed by atoms with E-state index in [1.165, 1.54) is 0 Å². The maximum absolute atomic E-state index is 11.7. The second-order valence-corrected chi connectivity index (χ2v) is 6.82. The summed E-state index contributed by atoms with van der Waals surface area (Å²) in [6, 6.07) is 0. The maximum Gasteiger partial charge on any atom is 0.211 e. The molecule has 3 N–H and O–H groups in total. The average molecular weight is 302 g/mol. The molecule has 0 aliphatic heterocycles. The summed E-state index contributed by atoms with van der Waals surface area (Å²) < 4.78 is 26.1. The Morgan fingerprint density at radius 3 is 2.70 bits per heavy atom. The van der Waals surface area contributed by atoms with Crippen LogP contribution < -0.4 is 10.0 Å². The van der Waals surface area contributed by atoms with Gasteiger partial charge >= 0.3 is 0 Å². The topological polar surface area (TPSA) is 86.9 Å². The Kier molecular flexibility index (Phi) is 7.79. The highest BCUT2D eigenvalue weighted by Gasteiger charge is 2.09. The quantitative estimate of drug-likeness (QED) is 0.531. The first-order valence-corrected chi connectivity index (χ1v) is 8.87. The number of nitrogens with one attached hydrogen (secondary N) is 3. The van der Waals surface area contributed by atoms with Crippen molar-refractivity contribution in [2.75, 3.05) is 25.4 Å².